The molecule has 0 aliphatic carbocycles. The van der Waals surface area contributed by atoms with Gasteiger partial charge in [0.2, 0.25) is 0 Å². The summed E-state index contributed by atoms with van der Waals surface area (Å²) in [4.78, 5) is 0.125. The minimum atomic E-state index is -3.50. The fraction of sp³-hybridized carbons (Fsp3) is 0.273. The molecule has 86 valence electrons. The molecule has 1 aromatic rings. The van der Waals surface area contributed by atoms with Crippen LogP contribution in [0.5, 0.6) is 0 Å². The van der Waals surface area contributed by atoms with E-state index in [2.05, 4.69) is 0 Å². The SMILES string of the molecule is O=S(=O)(c1ccc(F)cc1)N1C=CCCC1. The first-order chi connectivity index (χ1) is 7.60. The van der Waals surface area contributed by atoms with Gasteiger partial charge in [0.25, 0.3) is 10.0 Å². The Labute approximate surface area is 94.2 Å². The lowest BCUT2D eigenvalue weighted by Crippen LogP contribution is -2.28. The van der Waals surface area contributed by atoms with Crippen LogP contribution in [0.2, 0.25) is 0 Å². The fourth-order valence-corrected chi connectivity index (χ4v) is 2.94. The molecule has 0 radical (unpaired) electrons. The zero-order valence-corrected chi connectivity index (χ0v) is 9.45. The average molecular weight is 241 g/mol. The molecule has 16 heavy (non-hydrogen) atoms. The van der Waals surface area contributed by atoms with Crippen LogP contribution in [0.4, 0.5) is 4.39 Å². The molecule has 1 aromatic carbocycles. The second kappa shape index (κ2) is 4.25. The average Bonchev–Trinajstić information content (AvgIpc) is 2.31. The molecule has 0 saturated carbocycles. The predicted molar refractivity (Wildman–Crippen MR) is 58.7 cm³/mol. The number of sulfonamides is 1. The van der Waals surface area contributed by atoms with E-state index in [9.17, 15) is 12.8 Å². The molecule has 2 rings (SSSR count). The fourth-order valence-electron chi connectivity index (χ4n) is 1.57. The second-order valence-electron chi connectivity index (χ2n) is 3.60. The molecule has 0 saturated heterocycles. The number of rotatable bonds is 2. The van der Waals surface area contributed by atoms with Crippen LogP contribution < -0.4 is 0 Å². The predicted octanol–water partition coefficient (Wildman–Crippen LogP) is 2.12. The van der Waals surface area contributed by atoms with Gasteiger partial charge >= 0.3 is 0 Å². The standard InChI is InChI=1S/C11H12FNO2S/c12-10-4-6-11(7-5-10)16(14,15)13-8-2-1-3-9-13/h2,4-8H,1,3,9H2. The monoisotopic (exact) mass is 241 g/mol. The highest BCUT2D eigenvalue weighted by Crippen LogP contribution is 2.19. The topological polar surface area (TPSA) is 37.4 Å². The third-order valence-electron chi connectivity index (χ3n) is 2.44. The van der Waals surface area contributed by atoms with E-state index in [0.717, 1.165) is 25.0 Å². The number of benzene rings is 1. The van der Waals surface area contributed by atoms with Crippen LogP contribution in [0.15, 0.2) is 41.4 Å². The van der Waals surface area contributed by atoms with Crippen LogP contribution >= 0.6 is 0 Å². The van der Waals surface area contributed by atoms with Gasteiger partial charge in [0, 0.05) is 12.7 Å². The van der Waals surface area contributed by atoms with Crippen molar-refractivity contribution < 1.29 is 12.8 Å². The Balaban J connectivity index is 2.34. The zero-order valence-electron chi connectivity index (χ0n) is 8.64. The van der Waals surface area contributed by atoms with E-state index in [1.54, 1.807) is 6.20 Å². The van der Waals surface area contributed by atoms with Crippen LogP contribution in [0.3, 0.4) is 0 Å². The highest BCUT2D eigenvalue weighted by molar-refractivity contribution is 7.89. The lowest BCUT2D eigenvalue weighted by atomic mass is 10.2. The minimum absolute atomic E-state index is 0.125. The Morgan fingerprint density at radius 2 is 1.88 bits per heavy atom. The molecule has 1 heterocycles. The van der Waals surface area contributed by atoms with E-state index >= 15 is 0 Å². The first kappa shape index (κ1) is 11.1. The highest BCUT2D eigenvalue weighted by atomic mass is 32.2. The Hall–Kier alpha value is -1.36. The summed E-state index contributed by atoms with van der Waals surface area (Å²) in [5.74, 6) is -0.437. The van der Waals surface area contributed by atoms with Crippen LogP contribution in [0.1, 0.15) is 12.8 Å². The molecule has 1 aliphatic rings. The van der Waals surface area contributed by atoms with Gasteiger partial charge in [0.1, 0.15) is 5.82 Å². The van der Waals surface area contributed by atoms with Crippen molar-refractivity contribution in [2.45, 2.75) is 17.7 Å². The van der Waals surface area contributed by atoms with Gasteiger partial charge in [-0.15, -0.1) is 0 Å². The molecule has 1 aliphatic heterocycles. The van der Waals surface area contributed by atoms with E-state index in [0.29, 0.717) is 6.54 Å². The third kappa shape index (κ3) is 2.09. The van der Waals surface area contributed by atoms with Crippen molar-refractivity contribution in [1.82, 2.24) is 4.31 Å². The van der Waals surface area contributed by atoms with Crippen molar-refractivity contribution in [2.24, 2.45) is 0 Å². The van der Waals surface area contributed by atoms with Crippen molar-refractivity contribution in [1.29, 1.82) is 0 Å². The molecule has 0 spiro atoms. The van der Waals surface area contributed by atoms with Crippen molar-refractivity contribution in [2.75, 3.05) is 6.54 Å². The Morgan fingerprint density at radius 1 is 1.19 bits per heavy atom. The Kier molecular flexibility index (Phi) is 2.96. The number of nitrogens with zero attached hydrogens (tertiary/aromatic N) is 1. The van der Waals surface area contributed by atoms with Crippen molar-refractivity contribution in [3.8, 4) is 0 Å². The third-order valence-corrected chi connectivity index (χ3v) is 4.23. The molecular weight excluding hydrogens is 229 g/mol. The van der Waals surface area contributed by atoms with Crippen molar-refractivity contribution in [3.05, 3.63) is 42.4 Å². The van der Waals surface area contributed by atoms with Crippen molar-refractivity contribution >= 4 is 10.0 Å². The quantitative estimate of drug-likeness (QED) is 0.795. The van der Waals surface area contributed by atoms with E-state index in [4.69, 9.17) is 0 Å². The molecular formula is C11H12FNO2S. The van der Waals surface area contributed by atoms with Gasteiger partial charge < -0.3 is 0 Å². The summed E-state index contributed by atoms with van der Waals surface area (Å²) in [5, 5.41) is 0. The zero-order chi connectivity index (χ0) is 11.6. The summed E-state index contributed by atoms with van der Waals surface area (Å²) in [6, 6.07) is 4.88. The lowest BCUT2D eigenvalue weighted by Gasteiger charge is -2.22. The maximum absolute atomic E-state index is 12.7. The summed E-state index contributed by atoms with van der Waals surface area (Å²) >= 11 is 0. The first-order valence-electron chi connectivity index (χ1n) is 5.05. The van der Waals surface area contributed by atoms with Gasteiger partial charge in [-0.25, -0.2) is 12.8 Å². The normalized spacial score (nSPS) is 16.4. The second-order valence-corrected chi connectivity index (χ2v) is 5.49. The van der Waals surface area contributed by atoms with Gasteiger partial charge in [-0.05, 0) is 37.1 Å². The molecule has 0 atom stereocenters. The van der Waals surface area contributed by atoms with Gasteiger partial charge in [-0.1, -0.05) is 6.08 Å². The molecule has 0 fully saturated rings. The maximum atomic E-state index is 12.7. The molecule has 0 aromatic heterocycles. The Morgan fingerprint density at radius 3 is 2.44 bits per heavy atom. The maximum Gasteiger partial charge on any atom is 0.263 e. The number of allylic oxidation sites excluding steroid dienone is 1. The van der Waals surface area contributed by atoms with Crippen LogP contribution in [0, 0.1) is 5.82 Å². The lowest BCUT2D eigenvalue weighted by molar-refractivity contribution is 0.476. The highest BCUT2D eigenvalue weighted by Gasteiger charge is 2.22. The molecule has 0 bridgehead atoms. The number of halogens is 1. The minimum Gasteiger partial charge on any atom is -0.274 e. The summed E-state index contributed by atoms with van der Waals surface area (Å²) in [7, 11) is -3.50. The van der Waals surface area contributed by atoms with Gasteiger partial charge in [0.05, 0.1) is 4.90 Å². The first-order valence-corrected chi connectivity index (χ1v) is 6.49. The van der Waals surface area contributed by atoms with Gasteiger partial charge in [-0.3, -0.25) is 4.31 Å². The van der Waals surface area contributed by atoms with Crippen LogP contribution in [-0.4, -0.2) is 19.3 Å². The molecule has 0 amide bonds. The summed E-state index contributed by atoms with van der Waals surface area (Å²) in [5.41, 5.74) is 0. The number of hydrogen-bond acceptors (Lipinski definition) is 2. The van der Waals surface area contributed by atoms with Crippen molar-refractivity contribution in [3.63, 3.8) is 0 Å². The molecule has 0 unspecified atom stereocenters. The number of hydrogen-bond donors (Lipinski definition) is 0. The molecule has 0 N–H and O–H groups in total. The van der Waals surface area contributed by atoms with E-state index in [1.807, 2.05) is 6.08 Å². The Bertz CT molecular complexity index is 493. The van der Waals surface area contributed by atoms with Gasteiger partial charge in [0.15, 0.2) is 0 Å². The van der Waals surface area contributed by atoms with Crippen LogP contribution in [-0.2, 0) is 10.0 Å². The molecule has 3 nitrogen and oxygen atoms in total. The van der Waals surface area contributed by atoms with E-state index < -0.39 is 15.8 Å². The summed E-state index contributed by atoms with van der Waals surface area (Å²) in [6.07, 6.45) is 5.11. The largest absolute Gasteiger partial charge is 0.274 e. The summed E-state index contributed by atoms with van der Waals surface area (Å²) in [6.45, 7) is 0.482. The van der Waals surface area contributed by atoms with E-state index in [-0.39, 0.29) is 4.90 Å². The van der Waals surface area contributed by atoms with Gasteiger partial charge in [-0.2, -0.15) is 0 Å². The van der Waals surface area contributed by atoms with E-state index in [1.165, 1.54) is 16.4 Å². The summed E-state index contributed by atoms with van der Waals surface area (Å²) < 4.78 is 38.1. The van der Waals surface area contributed by atoms with Crippen LogP contribution in [0.25, 0.3) is 0 Å². The molecule has 5 heteroatoms. The smallest absolute Gasteiger partial charge is 0.263 e.